The zero-order valence-electron chi connectivity index (χ0n) is 12.4. The van der Waals surface area contributed by atoms with Crippen LogP contribution in [0.2, 0.25) is 0 Å². The number of ketones is 3. The van der Waals surface area contributed by atoms with E-state index in [1.165, 1.54) is 6.92 Å². The Bertz CT molecular complexity index is 484. The van der Waals surface area contributed by atoms with E-state index in [0.717, 1.165) is 11.5 Å². The monoisotopic (exact) mass is 278 g/mol. The van der Waals surface area contributed by atoms with Crippen molar-refractivity contribution in [1.29, 1.82) is 0 Å². The fraction of sp³-hybridized carbons (Fsp3) is 0.562. The molecule has 0 amide bonds. The largest absolute Gasteiger partial charge is 0.466 e. The van der Waals surface area contributed by atoms with E-state index in [2.05, 4.69) is 0 Å². The molecular weight excluding hydrogens is 256 g/mol. The van der Waals surface area contributed by atoms with Crippen molar-refractivity contribution in [3.05, 3.63) is 23.7 Å². The molecule has 0 aromatic carbocycles. The number of furan rings is 1. The second-order valence-electron chi connectivity index (χ2n) is 5.32. The summed E-state index contributed by atoms with van der Waals surface area (Å²) < 4.78 is 5.44. The Labute approximate surface area is 119 Å². The Morgan fingerprint density at radius 1 is 1.10 bits per heavy atom. The first-order valence-corrected chi connectivity index (χ1v) is 6.97. The van der Waals surface area contributed by atoms with E-state index in [4.69, 9.17) is 4.42 Å². The van der Waals surface area contributed by atoms with Crippen molar-refractivity contribution in [2.24, 2.45) is 5.92 Å². The van der Waals surface area contributed by atoms with Crippen molar-refractivity contribution >= 4 is 17.3 Å². The van der Waals surface area contributed by atoms with Gasteiger partial charge in [0.2, 0.25) is 0 Å². The molecule has 0 radical (unpaired) electrons. The minimum absolute atomic E-state index is 0.00577. The Balaban J connectivity index is 2.31. The molecule has 1 heterocycles. The molecule has 1 unspecified atom stereocenters. The molecule has 1 atom stereocenters. The van der Waals surface area contributed by atoms with Gasteiger partial charge in [0.05, 0.1) is 0 Å². The van der Waals surface area contributed by atoms with Gasteiger partial charge >= 0.3 is 0 Å². The van der Waals surface area contributed by atoms with E-state index < -0.39 is 0 Å². The van der Waals surface area contributed by atoms with Crippen LogP contribution in [0.3, 0.4) is 0 Å². The fourth-order valence-electron chi connectivity index (χ4n) is 1.96. The lowest BCUT2D eigenvalue weighted by Crippen LogP contribution is -2.15. The molecule has 0 fully saturated rings. The third-order valence-electron chi connectivity index (χ3n) is 3.26. The summed E-state index contributed by atoms with van der Waals surface area (Å²) >= 11 is 0. The lowest BCUT2D eigenvalue weighted by atomic mass is 9.96. The summed E-state index contributed by atoms with van der Waals surface area (Å²) in [7, 11) is 0. The molecule has 0 spiro atoms. The van der Waals surface area contributed by atoms with Crippen LogP contribution in [0.4, 0.5) is 0 Å². The topological polar surface area (TPSA) is 64.3 Å². The van der Waals surface area contributed by atoms with Gasteiger partial charge in [0.1, 0.15) is 28.9 Å². The third-order valence-corrected chi connectivity index (χ3v) is 3.26. The summed E-state index contributed by atoms with van der Waals surface area (Å²) in [6, 6.07) is 3.74. The number of carbonyl (C=O) groups is 3. The van der Waals surface area contributed by atoms with Crippen molar-refractivity contribution in [3.8, 4) is 0 Å². The first-order valence-electron chi connectivity index (χ1n) is 6.97. The number of hydrogen-bond donors (Lipinski definition) is 0. The smallest absolute Gasteiger partial charge is 0.136 e. The van der Waals surface area contributed by atoms with Crippen molar-refractivity contribution < 1.29 is 18.8 Å². The van der Waals surface area contributed by atoms with Crippen LogP contribution in [0, 0.1) is 12.8 Å². The molecule has 0 aliphatic rings. The fourth-order valence-corrected chi connectivity index (χ4v) is 1.96. The number of rotatable bonds is 9. The standard InChI is InChI=1S/C16H22O4/c1-11(10-15-8-5-13(3)20-15)16(19)9-7-14(18)6-4-12(2)17/h5,8,11H,4,6-7,9-10H2,1-3H3. The highest BCUT2D eigenvalue weighted by atomic mass is 16.3. The molecule has 4 heteroatoms. The van der Waals surface area contributed by atoms with Crippen LogP contribution in [0.5, 0.6) is 0 Å². The number of hydrogen-bond acceptors (Lipinski definition) is 4. The summed E-state index contributed by atoms with van der Waals surface area (Å²) in [5, 5.41) is 0. The van der Waals surface area contributed by atoms with E-state index in [1.807, 2.05) is 26.0 Å². The predicted molar refractivity (Wildman–Crippen MR) is 75.5 cm³/mol. The minimum Gasteiger partial charge on any atom is -0.466 e. The molecule has 0 aliphatic carbocycles. The van der Waals surface area contributed by atoms with Gasteiger partial charge in [-0.1, -0.05) is 6.92 Å². The van der Waals surface area contributed by atoms with Crippen molar-refractivity contribution in [2.75, 3.05) is 0 Å². The summed E-state index contributed by atoms with van der Waals surface area (Å²) in [4.78, 5) is 34.2. The molecule has 4 nitrogen and oxygen atoms in total. The van der Waals surface area contributed by atoms with E-state index in [1.54, 1.807) is 0 Å². The highest BCUT2D eigenvalue weighted by Crippen LogP contribution is 2.15. The number of carbonyl (C=O) groups excluding carboxylic acids is 3. The lowest BCUT2D eigenvalue weighted by Gasteiger charge is -2.08. The molecular formula is C16H22O4. The maximum atomic E-state index is 11.9. The van der Waals surface area contributed by atoms with Gasteiger partial charge in [0.25, 0.3) is 0 Å². The lowest BCUT2D eigenvalue weighted by molar-refractivity contribution is -0.127. The molecule has 0 aliphatic heterocycles. The minimum atomic E-state index is -0.152. The van der Waals surface area contributed by atoms with Crippen LogP contribution in [0.15, 0.2) is 16.5 Å². The van der Waals surface area contributed by atoms with Crippen LogP contribution in [-0.4, -0.2) is 17.3 Å². The second kappa shape index (κ2) is 7.78. The van der Waals surface area contributed by atoms with E-state index in [9.17, 15) is 14.4 Å². The van der Waals surface area contributed by atoms with Crippen molar-refractivity contribution in [1.82, 2.24) is 0 Å². The second-order valence-corrected chi connectivity index (χ2v) is 5.32. The maximum absolute atomic E-state index is 11.9. The van der Waals surface area contributed by atoms with Gasteiger partial charge in [-0.25, -0.2) is 0 Å². The molecule has 0 N–H and O–H groups in total. The predicted octanol–water partition coefficient (Wildman–Crippen LogP) is 3.05. The molecule has 110 valence electrons. The SMILES string of the molecule is CC(=O)CCC(=O)CCC(=O)C(C)Cc1ccc(C)o1. The zero-order chi connectivity index (χ0) is 15.1. The zero-order valence-corrected chi connectivity index (χ0v) is 12.4. The first-order chi connectivity index (χ1) is 9.38. The molecule has 0 saturated heterocycles. The molecule has 20 heavy (non-hydrogen) atoms. The molecule has 1 aromatic heterocycles. The quantitative estimate of drug-likeness (QED) is 0.696. The summed E-state index contributed by atoms with van der Waals surface area (Å²) in [6.45, 7) is 5.18. The highest BCUT2D eigenvalue weighted by molar-refractivity contribution is 5.89. The van der Waals surface area contributed by atoms with Gasteiger partial charge in [-0.05, 0) is 26.0 Å². The Kier molecular flexibility index (Phi) is 6.36. The normalized spacial score (nSPS) is 12.2. The van der Waals surface area contributed by atoms with Crippen LogP contribution in [-0.2, 0) is 20.8 Å². The Morgan fingerprint density at radius 2 is 1.75 bits per heavy atom. The Hall–Kier alpha value is -1.71. The average Bonchev–Trinajstić information content (AvgIpc) is 2.78. The van der Waals surface area contributed by atoms with Gasteiger partial charge in [-0.3, -0.25) is 9.59 Å². The first kappa shape index (κ1) is 16.3. The summed E-state index contributed by atoms with van der Waals surface area (Å²) in [5.41, 5.74) is 0. The number of aryl methyl sites for hydroxylation is 1. The molecule has 1 aromatic rings. The third kappa shape index (κ3) is 5.95. The van der Waals surface area contributed by atoms with Crippen LogP contribution >= 0.6 is 0 Å². The van der Waals surface area contributed by atoms with Gasteiger partial charge in [-0.15, -0.1) is 0 Å². The van der Waals surface area contributed by atoms with Gasteiger partial charge < -0.3 is 9.21 Å². The van der Waals surface area contributed by atoms with Crippen LogP contribution < -0.4 is 0 Å². The van der Waals surface area contributed by atoms with E-state index in [0.29, 0.717) is 6.42 Å². The Morgan fingerprint density at radius 3 is 2.30 bits per heavy atom. The van der Waals surface area contributed by atoms with Gasteiger partial charge in [0.15, 0.2) is 0 Å². The average molecular weight is 278 g/mol. The number of Topliss-reactive ketones (excluding diaryl/α,β-unsaturated/α-hetero) is 3. The summed E-state index contributed by atoms with van der Waals surface area (Å²) in [5.74, 6) is 1.53. The van der Waals surface area contributed by atoms with Crippen LogP contribution in [0.25, 0.3) is 0 Å². The van der Waals surface area contributed by atoms with Gasteiger partial charge in [-0.2, -0.15) is 0 Å². The highest BCUT2D eigenvalue weighted by Gasteiger charge is 2.16. The molecule has 0 saturated carbocycles. The van der Waals surface area contributed by atoms with Crippen molar-refractivity contribution in [3.63, 3.8) is 0 Å². The molecule has 0 bridgehead atoms. The molecule has 1 rings (SSSR count). The van der Waals surface area contributed by atoms with Crippen LogP contribution in [0.1, 0.15) is 51.1 Å². The van der Waals surface area contributed by atoms with Crippen molar-refractivity contribution in [2.45, 2.75) is 52.9 Å². The van der Waals surface area contributed by atoms with Gasteiger partial charge in [0, 0.05) is 38.0 Å². The maximum Gasteiger partial charge on any atom is 0.136 e. The summed E-state index contributed by atoms with van der Waals surface area (Å²) in [6.07, 6.45) is 1.56. The van der Waals surface area contributed by atoms with E-state index in [-0.39, 0.29) is 49.0 Å². The van der Waals surface area contributed by atoms with E-state index >= 15 is 0 Å².